The molecule has 0 unspecified atom stereocenters. The summed E-state index contributed by atoms with van der Waals surface area (Å²) in [5.41, 5.74) is 5.12. The molecule has 3 N–H and O–H groups in total. The normalized spacial score (nSPS) is 16.5. The molecule has 1 fully saturated rings. The number of rotatable bonds is 3. The standard InChI is InChI=1S/C14H16N4O2/c15-11-12(14(20)13(11)19)18-7-4-9(5-8-18)17-10-3-1-2-6-16-10/h1-3,6,9H,4-5,7-8,15H2,(H,16,17). The molecule has 0 amide bonds. The van der Waals surface area contributed by atoms with E-state index in [0.717, 1.165) is 31.7 Å². The molecule has 104 valence electrons. The first-order valence-corrected chi connectivity index (χ1v) is 6.68. The number of nitrogen functional groups attached to an aromatic ring is 1. The van der Waals surface area contributed by atoms with Gasteiger partial charge in [-0.2, -0.15) is 0 Å². The third-order valence-corrected chi connectivity index (χ3v) is 3.75. The monoisotopic (exact) mass is 272 g/mol. The highest BCUT2D eigenvalue weighted by molar-refractivity contribution is 5.72. The van der Waals surface area contributed by atoms with Gasteiger partial charge in [0.05, 0.1) is 0 Å². The first-order valence-electron chi connectivity index (χ1n) is 6.68. The third-order valence-electron chi connectivity index (χ3n) is 3.75. The van der Waals surface area contributed by atoms with E-state index in [-0.39, 0.29) is 5.69 Å². The van der Waals surface area contributed by atoms with Crippen LogP contribution in [0.2, 0.25) is 0 Å². The summed E-state index contributed by atoms with van der Waals surface area (Å²) < 4.78 is 0. The van der Waals surface area contributed by atoms with Crippen molar-refractivity contribution in [2.45, 2.75) is 18.9 Å². The minimum atomic E-state index is -0.547. The van der Waals surface area contributed by atoms with E-state index in [1.54, 1.807) is 6.20 Å². The average molecular weight is 272 g/mol. The van der Waals surface area contributed by atoms with Gasteiger partial charge in [0.2, 0.25) is 0 Å². The van der Waals surface area contributed by atoms with Crippen LogP contribution in [-0.4, -0.2) is 24.1 Å². The van der Waals surface area contributed by atoms with Crippen molar-refractivity contribution in [1.29, 1.82) is 0 Å². The smallest absolute Gasteiger partial charge is 0.253 e. The van der Waals surface area contributed by atoms with Crippen molar-refractivity contribution in [2.75, 3.05) is 29.0 Å². The number of nitrogens with zero attached hydrogens (tertiary/aromatic N) is 2. The molecule has 0 saturated carbocycles. The first-order chi connectivity index (χ1) is 9.66. The van der Waals surface area contributed by atoms with Crippen LogP contribution in [-0.2, 0) is 0 Å². The fourth-order valence-corrected chi connectivity index (χ4v) is 2.62. The van der Waals surface area contributed by atoms with Gasteiger partial charge >= 0.3 is 0 Å². The number of hydrogen-bond acceptors (Lipinski definition) is 6. The van der Waals surface area contributed by atoms with Crippen LogP contribution in [0.5, 0.6) is 0 Å². The van der Waals surface area contributed by atoms with Gasteiger partial charge in [-0.1, -0.05) is 6.07 Å². The van der Waals surface area contributed by atoms with Crippen molar-refractivity contribution >= 4 is 17.2 Å². The van der Waals surface area contributed by atoms with Gasteiger partial charge in [-0.25, -0.2) is 4.98 Å². The van der Waals surface area contributed by atoms with E-state index < -0.39 is 10.9 Å². The Labute approximate surface area is 115 Å². The van der Waals surface area contributed by atoms with E-state index >= 15 is 0 Å². The van der Waals surface area contributed by atoms with E-state index in [2.05, 4.69) is 10.3 Å². The zero-order valence-electron chi connectivity index (χ0n) is 11.0. The van der Waals surface area contributed by atoms with Crippen molar-refractivity contribution in [1.82, 2.24) is 4.98 Å². The van der Waals surface area contributed by atoms with Crippen LogP contribution >= 0.6 is 0 Å². The highest BCUT2D eigenvalue weighted by Crippen LogP contribution is 2.22. The summed E-state index contributed by atoms with van der Waals surface area (Å²) in [6.45, 7) is 1.44. The molecule has 0 radical (unpaired) electrons. The predicted octanol–water partition coefficient (Wildman–Crippen LogP) is 0.341. The van der Waals surface area contributed by atoms with Crippen molar-refractivity contribution in [3.05, 3.63) is 44.8 Å². The van der Waals surface area contributed by atoms with Crippen molar-refractivity contribution in [2.24, 2.45) is 0 Å². The lowest BCUT2D eigenvalue weighted by Crippen LogP contribution is -2.47. The molecule has 1 aromatic carbocycles. The van der Waals surface area contributed by atoms with Crippen LogP contribution in [0.3, 0.4) is 0 Å². The molecule has 0 spiro atoms. The molecule has 2 heterocycles. The second-order valence-electron chi connectivity index (χ2n) is 5.04. The Morgan fingerprint density at radius 3 is 2.55 bits per heavy atom. The van der Waals surface area contributed by atoms with Crippen LogP contribution in [0.25, 0.3) is 0 Å². The molecule has 1 aromatic heterocycles. The Bertz CT molecular complexity index is 668. The fraction of sp³-hybridized carbons (Fsp3) is 0.357. The van der Waals surface area contributed by atoms with Gasteiger partial charge in [0.15, 0.2) is 0 Å². The van der Waals surface area contributed by atoms with Gasteiger partial charge in [-0.3, -0.25) is 9.59 Å². The molecule has 3 rings (SSSR count). The molecule has 6 heteroatoms. The third kappa shape index (κ3) is 2.13. The van der Waals surface area contributed by atoms with Crippen molar-refractivity contribution in [3.8, 4) is 0 Å². The van der Waals surface area contributed by atoms with E-state index in [4.69, 9.17) is 5.73 Å². The zero-order chi connectivity index (χ0) is 14.1. The van der Waals surface area contributed by atoms with E-state index in [1.165, 1.54) is 0 Å². The van der Waals surface area contributed by atoms with E-state index in [9.17, 15) is 9.59 Å². The summed E-state index contributed by atoms with van der Waals surface area (Å²) in [5.74, 6) is 0.861. The molecule has 20 heavy (non-hydrogen) atoms. The molecule has 0 aliphatic carbocycles. The quantitative estimate of drug-likeness (QED) is 0.783. The molecule has 1 aliphatic rings. The molecule has 1 aliphatic heterocycles. The maximum Gasteiger partial charge on any atom is 0.253 e. The lowest BCUT2D eigenvalue weighted by atomic mass is 10.0. The highest BCUT2D eigenvalue weighted by atomic mass is 16.2. The number of hydrogen-bond donors (Lipinski definition) is 2. The highest BCUT2D eigenvalue weighted by Gasteiger charge is 2.27. The van der Waals surface area contributed by atoms with Gasteiger partial charge in [0.1, 0.15) is 17.2 Å². The second-order valence-corrected chi connectivity index (χ2v) is 5.04. The van der Waals surface area contributed by atoms with Crippen molar-refractivity contribution < 1.29 is 0 Å². The van der Waals surface area contributed by atoms with E-state index in [1.807, 2.05) is 23.1 Å². The minimum absolute atomic E-state index is 0.117. The zero-order valence-corrected chi connectivity index (χ0v) is 11.0. The molecule has 6 nitrogen and oxygen atoms in total. The van der Waals surface area contributed by atoms with Crippen LogP contribution in [0.4, 0.5) is 17.2 Å². The van der Waals surface area contributed by atoms with Gasteiger partial charge < -0.3 is 16.0 Å². The Kier molecular flexibility index (Phi) is 3.14. The largest absolute Gasteiger partial charge is 0.394 e. The van der Waals surface area contributed by atoms with Crippen LogP contribution in [0.15, 0.2) is 34.0 Å². The summed E-state index contributed by atoms with van der Waals surface area (Å²) in [6, 6.07) is 6.08. The fourth-order valence-electron chi connectivity index (χ4n) is 2.62. The van der Waals surface area contributed by atoms with Crippen LogP contribution in [0.1, 0.15) is 12.8 Å². The lowest BCUT2D eigenvalue weighted by Gasteiger charge is -2.34. The van der Waals surface area contributed by atoms with E-state index in [0.29, 0.717) is 11.7 Å². The maximum atomic E-state index is 11.5. The summed E-state index contributed by atoms with van der Waals surface area (Å²) in [6.07, 6.45) is 3.52. The van der Waals surface area contributed by atoms with Gasteiger partial charge in [-0.15, -0.1) is 0 Å². The molecule has 0 atom stereocenters. The Balaban J connectivity index is 1.60. The van der Waals surface area contributed by atoms with Crippen molar-refractivity contribution in [3.63, 3.8) is 0 Å². The Morgan fingerprint density at radius 1 is 1.20 bits per heavy atom. The molecule has 2 aromatic rings. The first kappa shape index (κ1) is 12.7. The topological polar surface area (TPSA) is 88.3 Å². The second kappa shape index (κ2) is 4.96. The Morgan fingerprint density at radius 2 is 1.95 bits per heavy atom. The van der Waals surface area contributed by atoms with Gasteiger partial charge in [-0.05, 0) is 25.0 Å². The lowest BCUT2D eigenvalue weighted by molar-refractivity contribution is 0.524. The molecular weight excluding hydrogens is 256 g/mol. The number of piperidine rings is 1. The maximum absolute atomic E-state index is 11.5. The number of nitrogens with one attached hydrogen (secondary N) is 1. The predicted molar refractivity (Wildman–Crippen MR) is 78.9 cm³/mol. The number of pyridine rings is 1. The van der Waals surface area contributed by atoms with Crippen LogP contribution in [0, 0.1) is 0 Å². The Hall–Kier alpha value is -2.37. The number of aromatic nitrogens is 1. The molecular formula is C14H16N4O2. The molecule has 0 bridgehead atoms. The summed E-state index contributed by atoms with van der Waals surface area (Å²) in [5, 5.41) is 3.37. The van der Waals surface area contributed by atoms with Gasteiger partial charge in [0, 0.05) is 25.3 Å². The molecule has 1 saturated heterocycles. The number of nitrogens with two attached hydrogens (primary N) is 1. The van der Waals surface area contributed by atoms with Gasteiger partial charge in [0.25, 0.3) is 10.9 Å². The summed E-state index contributed by atoms with van der Waals surface area (Å²) in [4.78, 5) is 28.8. The van der Waals surface area contributed by atoms with Crippen LogP contribution < -0.4 is 26.8 Å². The summed E-state index contributed by atoms with van der Waals surface area (Å²) in [7, 11) is 0. The average Bonchev–Trinajstić information content (AvgIpc) is 2.50. The summed E-state index contributed by atoms with van der Waals surface area (Å²) >= 11 is 0. The SMILES string of the molecule is Nc1c(N2CCC(Nc3ccccn3)CC2)c(=O)c1=O. The number of anilines is 3. The minimum Gasteiger partial charge on any atom is -0.394 e.